The molecule has 2 rings (SSSR count). The second kappa shape index (κ2) is 15.4. The van der Waals surface area contributed by atoms with Crippen LogP contribution in [0.25, 0.3) is 0 Å². The minimum Gasteiger partial charge on any atom is -0.357 e. The Morgan fingerprint density at radius 2 is 1.54 bits per heavy atom. The molecule has 0 saturated carbocycles. The lowest BCUT2D eigenvalue weighted by Crippen LogP contribution is -2.31. The van der Waals surface area contributed by atoms with E-state index in [0.717, 1.165) is 43.7 Å². The van der Waals surface area contributed by atoms with E-state index in [0.29, 0.717) is 6.42 Å². The lowest BCUT2D eigenvalue weighted by atomic mass is 10.0. The fourth-order valence-corrected chi connectivity index (χ4v) is 2.81. The van der Waals surface area contributed by atoms with E-state index in [2.05, 4.69) is 53.4 Å². The van der Waals surface area contributed by atoms with E-state index < -0.39 is 0 Å². The highest BCUT2D eigenvalue weighted by molar-refractivity contribution is 5.86. The van der Waals surface area contributed by atoms with Gasteiger partial charge in [0.15, 0.2) is 0 Å². The topological polar surface area (TPSA) is 71.2 Å². The molecule has 0 aliphatic rings. The number of hydrazine groups is 1. The van der Waals surface area contributed by atoms with Crippen LogP contribution in [0.15, 0.2) is 42.6 Å². The van der Waals surface area contributed by atoms with Gasteiger partial charge in [-0.25, -0.2) is 10.8 Å². The van der Waals surface area contributed by atoms with Crippen molar-refractivity contribution in [3.8, 4) is 0 Å². The van der Waals surface area contributed by atoms with Gasteiger partial charge in [-0.05, 0) is 48.9 Å². The van der Waals surface area contributed by atoms with Crippen LogP contribution in [0.2, 0.25) is 0 Å². The Kier molecular flexibility index (Phi) is 15.8. The SMILES string of the molecule is CCCN(CC)c1ccc(CCc2ccc(CC(=O)NN)cc2)cn1.Cl.Cl.Cl. The fraction of sp³-hybridized carbons (Fsp3) is 0.400. The maximum absolute atomic E-state index is 11.3. The maximum atomic E-state index is 11.3. The molecule has 1 heterocycles. The molecule has 0 aliphatic carbocycles. The van der Waals surface area contributed by atoms with Gasteiger partial charge in [-0.1, -0.05) is 37.3 Å². The van der Waals surface area contributed by atoms with Crippen LogP contribution in [-0.2, 0) is 24.1 Å². The molecule has 158 valence electrons. The fourth-order valence-electron chi connectivity index (χ4n) is 2.81. The second-order valence-electron chi connectivity index (χ2n) is 6.17. The Balaban J connectivity index is 0. The van der Waals surface area contributed by atoms with Crippen LogP contribution in [0.4, 0.5) is 5.82 Å². The number of carbonyl (C=O) groups is 1. The highest BCUT2D eigenvalue weighted by atomic mass is 35.5. The summed E-state index contributed by atoms with van der Waals surface area (Å²) >= 11 is 0. The Morgan fingerprint density at radius 1 is 0.964 bits per heavy atom. The standard InChI is InChI=1S/C20H28N4O.3ClH/c1-3-13-24(4-2)19-12-11-18(15-22-19)10-7-16-5-8-17(9-6-16)14-20(25)23-21;;;/h5-6,8-9,11-12,15H,3-4,7,10,13-14,21H2,1-2H3,(H,23,25);3*1H. The first-order chi connectivity index (χ1) is 12.2. The van der Waals surface area contributed by atoms with Crippen molar-refractivity contribution in [2.45, 2.75) is 39.5 Å². The number of aryl methyl sites for hydroxylation is 2. The molecule has 0 fully saturated rings. The van der Waals surface area contributed by atoms with Gasteiger partial charge in [0.2, 0.25) is 5.91 Å². The van der Waals surface area contributed by atoms with E-state index in [9.17, 15) is 4.79 Å². The summed E-state index contributed by atoms with van der Waals surface area (Å²) in [4.78, 5) is 18.2. The molecule has 0 bridgehead atoms. The van der Waals surface area contributed by atoms with Crippen molar-refractivity contribution in [1.82, 2.24) is 10.4 Å². The monoisotopic (exact) mass is 448 g/mol. The molecule has 1 amide bonds. The first kappa shape index (κ1) is 28.7. The number of rotatable bonds is 9. The van der Waals surface area contributed by atoms with Crippen molar-refractivity contribution in [2.75, 3.05) is 18.0 Å². The summed E-state index contributed by atoms with van der Waals surface area (Å²) in [5, 5.41) is 0. The van der Waals surface area contributed by atoms with Crippen LogP contribution in [0.3, 0.4) is 0 Å². The zero-order valence-corrected chi connectivity index (χ0v) is 18.8. The van der Waals surface area contributed by atoms with Gasteiger partial charge in [0.25, 0.3) is 0 Å². The van der Waals surface area contributed by atoms with Gasteiger partial charge < -0.3 is 4.90 Å². The second-order valence-corrected chi connectivity index (χ2v) is 6.17. The predicted molar refractivity (Wildman–Crippen MR) is 124 cm³/mol. The third-order valence-electron chi connectivity index (χ3n) is 4.26. The largest absolute Gasteiger partial charge is 0.357 e. The number of pyridine rings is 1. The molecule has 1 aromatic carbocycles. The summed E-state index contributed by atoms with van der Waals surface area (Å²) in [6.45, 7) is 6.36. The number of nitrogens with zero attached hydrogens (tertiary/aromatic N) is 2. The van der Waals surface area contributed by atoms with E-state index in [-0.39, 0.29) is 43.1 Å². The number of nitrogens with one attached hydrogen (secondary N) is 1. The number of carbonyl (C=O) groups excluding carboxylic acids is 1. The highest BCUT2D eigenvalue weighted by Gasteiger charge is 2.05. The van der Waals surface area contributed by atoms with Crippen molar-refractivity contribution in [1.29, 1.82) is 0 Å². The molecule has 0 atom stereocenters. The molecule has 0 unspecified atom stereocenters. The van der Waals surface area contributed by atoms with Crippen molar-refractivity contribution in [3.63, 3.8) is 0 Å². The summed E-state index contributed by atoms with van der Waals surface area (Å²) < 4.78 is 0. The summed E-state index contributed by atoms with van der Waals surface area (Å²) in [7, 11) is 0. The number of hydrogen-bond acceptors (Lipinski definition) is 4. The normalized spacial score (nSPS) is 9.39. The lowest BCUT2D eigenvalue weighted by Gasteiger charge is -2.21. The smallest absolute Gasteiger partial charge is 0.238 e. The first-order valence-corrected chi connectivity index (χ1v) is 8.93. The summed E-state index contributed by atoms with van der Waals surface area (Å²) in [5.74, 6) is 5.98. The molecule has 1 aromatic heterocycles. The maximum Gasteiger partial charge on any atom is 0.238 e. The van der Waals surface area contributed by atoms with Crippen molar-refractivity contribution < 1.29 is 4.79 Å². The quantitative estimate of drug-likeness (QED) is 0.346. The summed E-state index contributed by atoms with van der Waals surface area (Å²) in [6, 6.07) is 12.4. The van der Waals surface area contributed by atoms with Crippen LogP contribution in [-0.4, -0.2) is 24.0 Å². The summed E-state index contributed by atoms with van der Waals surface area (Å²) in [6.07, 6.45) is 5.33. The number of halogens is 3. The zero-order valence-electron chi connectivity index (χ0n) is 16.4. The molecule has 0 saturated heterocycles. The molecular weight excluding hydrogens is 419 g/mol. The predicted octanol–water partition coefficient (Wildman–Crippen LogP) is 3.90. The van der Waals surface area contributed by atoms with Gasteiger partial charge in [-0.3, -0.25) is 10.2 Å². The van der Waals surface area contributed by atoms with E-state index in [1.54, 1.807) is 0 Å². The van der Waals surface area contributed by atoms with E-state index >= 15 is 0 Å². The molecule has 0 aliphatic heterocycles. The average Bonchev–Trinajstić information content (AvgIpc) is 2.66. The summed E-state index contributed by atoms with van der Waals surface area (Å²) in [5.41, 5.74) is 5.61. The van der Waals surface area contributed by atoms with Gasteiger partial charge in [0.05, 0.1) is 6.42 Å². The molecule has 3 N–H and O–H groups in total. The van der Waals surface area contributed by atoms with Crippen LogP contribution in [0.1, 0.15) is 37.0 Å². The Morgan fingerprint density at radius 3 is 2.04 bits per heavy atom. The Bertz CT molecular complexity index is 666. The number of nitrogens with two attached hydrogens (primary N) is 1. The number of aromatic nitrogens is 1. The molecule has 2 aromatic rings. The van der Waals surface area contributed by atoms with E-state index in [4.69, 9.17) is 5.84 Å². The highest BCUT2D eigenvalue weighted by Crippen LogP contribution is 2.14. The van der Waals surface area contributed by atoms with Crippen LogP contribution < -0.4 is 16.2 Å². The van der Waals surface area contributed by atoms with Crippen molar-refractivity contribution in [3.05, 3.63) is 59.3 Å². The number of anilines is 1. The number of hydrogen-bond donors (Lipinski definition) is 2. The number of amides is 1. The van der Waals surface area contributed by atoms with Gasteiger partial charge in [0, 0.05) is 19.3 Å². The molecule has 5 nitrogen and oxygen atoms in total. The van der Waals surface area contributed by atoms with Gasteiger partial charge >= 0.3 is 0 Å². The average molecular weight is 450 g/mol. The lowest BCUT2D eigenvalue weighted by molar-refractivity contribution is -0.120. The minimum absolute atomic E-state index is 0. The van der Waals surface area contributed by atoms with Gasteiger partial charge in [0.1, 0.15) is 5.82 Å². The molecule has 28 heavy (non-hydrogen) atoms. The van der Waals surface area contributed by atoms with Crippen molar-refractivity contribution in [2.24, 2.45) is 5.84 Å². The minimum atomic E-state index is -0.178. The van der Waals surface area contributed by atoms with Crippen LogP contribution in [0, 0.1) is 0 Å². The third kappa shape index (κ3) is 9.11. The van der Waals surface area contributed by atoms with Gasteiger partial charge in [-0.2, -0.15) is 0 Å². The number of benzene rings is 1. The van der Waals surface area contributed by atoms with Crippen LogP contribution in [0.5, 0.6) is 0 Å². The molecule has 0 radical (unpaired) electrons. The van der Waals surface area contributed by atoms with Crippen molar-refractivity contribution >= 4 is 48.9 Å². The first-order valence-electron chi connectivity index (χ1n) is 8.93. The van der Waals surface area contributed by atoms with Gasteiger partial charge in [-0.15, -0.1) is 37.2 Å². The Labute approximate surface area is 186 Å². The van der Waals surface area contributed by atoms with E-state index in [1.807, 2.05) is 18.3 Å². The third-order valence-corrected chi connectivity index (χ3v) is 4.26. The van der Waals surface area contributed by atoms with E-state index in [1.165, 1.54) is 11.1 Å². The zero-order chi connectivity index (χ0) is 18.1. The molecule has 0 spiro atoms. The van der Waals surface area contributed by atoms with Crippen LogP contribution >= 0.6 is 37.2 Å². The molecular formula is C20H31Cl3N4O. The Hall–Kier alpha value is -1.53. The molecule has 8 heteroatoms.